The second-order valence-corrected chi connectivity index (χ2v) is 4.37. The number of hydrogen-bond acceptors (Lipinski definition) is 4. The fraction of sp³-hybridized carbons (Fsp3) is 0.500. The first-order chi connectivity index (χ1) is 9.04. The molecule has 0 radical (unpaired) electrons. The summed E-state index contributed by atoms with van der Waals surface area (Å²) in [7, 11) is 1.61. The number of hydrogen-bond donors (Lipinski definition) is 2. The molecule has 1 aromatic carbocycles. The number of benzene rings is 1. The van der Waals surface area contributed by atoms with E-state index < -0.39 is 11.4 Å². The average molecular weight is 266 g/mol. The van der Waals surface area contributed by atoms with E-state index in [-0.39, 0.29) is 0 Å². The summed E-state index contributed by atoms with van der Waals surface area (Å²) in [6.45, 7) is 5.36. The predicted molar refractivity (Wildman–Crippen MR) is 74.0 cm³/mol. The molecule has 3 N–H and O–H groups in total. The fourth-order valence-electron chi connectivity index (χ4n) is 1.79. The molecule has 0 spiro atoms. The van der Waals surface area contributed by atoms with E-state index in [0.29, 0.717) is 19.8 Å². The van der Waals surface area contributed by atoms with Crippen LogP contribution in [0.25, 0.3) is 0 Å². The SMILES string of the molecule is CCOc1ccc(C(C)(NCCOC)C(N)=O)cc1. The van der Waals surface area contributed by atoms with Crippen LogP contribution in [0.5, 0.6) is 5.75 Å². The Balaban J connectivity index is 2.88. The molecule has 106 valence electrons. The molecule has 0 aliphatic heterocycles. The van der Waals surface area contributed by atoms with E-state index in [0.717, 1.165) is 11.3 Å². The van der Waals surface area contributed by atoms with Crippen LogP contribution in [0, 0.1) is 0 Å². The van der Waals surface area contributed by atoms with Gasteiger partial charge >= 0.3 is 0 Å². The molecule has 0 saturated carbocycles. The number of primary amides is 1. The lowest BCUT2D eigenvalue weighted by Gasteiger charge is -2.28. The summed E-state index contributed by atoms with van der Waals surface area (Å²) in [5, 5.41) is 3.12. The maximum absolute atomic E-state index is 11.7. The standard InChI is InChI=1S/C14H22N2O3/c1-4-19-12-7-5-11(6-8-12)14(2,13(15)17)16-9-10-18-3/h5-8,16H,4,9-10H2,1-3H3,(H2,15,17). The maximum atomic E-state index is 11.7. The normalized spacial score (nSPS) is 13.8. The zero-order valence-corrected chi connectivity index (χ0v) is 11.7. The average Bonchev–Trinajstić information content (AvgIpc) is 2.40. The van der Waals surface area contributed by atoms with Crippen LogP contribution in [0.4, 0.5) is 0 Å². The molecule has 1 amide bonds. The van der Waals surface area contributed by atoms with E-state index in [2.05, 4.69) is 5.32 Å². The summed E-state index contributed by atoms with van der Waals surface area (Å²) < 4.78 is 10.3. The molecule has 1 aromatic rings. The van der Waals surface area contributed by atoms with E-state index in [1.807, 2.05) is 31.2 Å². The minimum atomic E-state index is -0.913. The molecule has 0 fully saturated rings. The van der Waals surface area contributed by atoms with E-state index in [9.17, 15) is 4.79 Å². The monoisotopic (exact) mass is 266 g/mol. The maximum Gasteiger partial charge on any atom is 0.242 e. The van der Waals surface area contributed by atoms with Gasteiger partial charge in [-0.1, -0.05) is 12.1 Å². The van der Waals surface area contributed by atoms with Crippen molar-refractivity contribution in [3.8, 4) is 5.75 Å². The quantitative estimate of drug-likeness (QED) is 0.689. The molecular formula is C14H22N2O3. The molecular weight excluding hydrogens is 244 g/mol. The number of amides is 1. The van der Waals surface area contributed by atoms with Gasteiger partial charge in [-0.25, -0.2) is 0 Å². The van der Waals surface area contributed by atoms with Gasteiger partial charge in [0.15, 0.2) is 0 Å². The molecule has 1 atom stereocenters. The van der Waals surface area contributed by atoms with Crippen molar-refractivity contribution < 1.29 is 14.3 Å². The van der Waals surface area contributed by atoms with E-state index in [4.69, 9.17) is 15.2 Å². The number of carbonyl (C=O) groups is 1. The first-order valence-corrected chi connectivity index (χ1v) is 6.31. The number of nitrogens with one attached hydrogen (secondary N) is 1. The van der Waals surface area contributed by atoms with Crippen LogP contribution < -0.4 is 15.8 Å². The van der Waals surface area contributed by atoms with Gasteiger partial charge in [-0.2, -0.15) is 0 Å². The Bertz CT molecular complexity index is 406. The summed E-state index contributed by atoms with van der Waals surface area (Å²) >= 11 is 0. The van der Waals surface area contributed by atoms with Crippen molar-refractivity contribution in [2.45, 2.75) is 19.4 Å². The highest BCUT2D eigenvalue weighted by Gasteiger charge is 2.32. The lowest BCUT2D eigenvalue weighted by molar-refractivity contribution is -0.124. The zero-order chi connectivity index (χ0) is 14.3. The van der Waals surface area contributed by atoms with Crippen LogP contribution in [0.1, 0.15) is 19.4 Å². The van der Waals surface area contributed by atoms with E-state index in [1.165, 1.54) is 0 Å². The number of carbonyl (C=O) groups excluding carboxylic acids is 1. The van der Waals surface area contributed by atoms with Gasteiger partial charge in [0.2, 0.25) is 5.91 Å². The lowest BCUT2D eigenvalue weighted by atomic mass is 9.91. The van der Waals surface area contributed by atoms with Crippen LogP contribution in [0.3, 0.4) is 0 Å². The Morgan fingerprint density at radius 2 is 2.00 bits per heavy atom. The lowest BCUT2D eigenvalue weighted by Crippen LogP contribution is -2.51. The van der Waals surface area contributed by atoms with Gasteiger partial charge in [0.1, 0.15) is 11.3 Å². The number of rotatable bonds is 8. The second-order valence-electron chi connectivity index (χ2n) is 4.37. The minimum absolute atomic E-state index is 0.423. The topological polar surface area (TPSA) is 73.6 Å². The van der Waals surface area contributed by atoms with Gasteiger partial charge in [-0.3, -0.25) is 10.1 Å². The summed E-state index contributed by atoms with van der Waals surface area (Å²) in [6, 6.07) is 7.35. The summed E-state index contributed by atoms with van der Waals surface area (Å²) in [6.07, 6.45) is 0. The highest BCUT2D eigenvalue weighted by molar-refractivity contribution is 5.85. The van der Waals surface area contributed by atoms with Crippen LogP contribution in [0.2, 0.25) is 0 Å². The molecule has 0 heterocycles. The van der Waals surface area contributed by atoms with Crippen molar-refractivity contribution in [2.75, 3.05) is 26.9 Å². The molecule has 1 unspecified atom stereocenters. The molecule has 5 heteroatoms. The molecule has 1 rings (SSSR count). The third-order valence-electron chi connectivity index (χ3n) is 3.02. The van der Waals surface area contributed by atoms with Crippen molar-refractivity contribution in [1.82, 2.24) is 5.32 Å². The zero-order valence-electron chi connectivity index (χ0n) is 11.7. The molecule has 0 aromatic heterocycles. The van der Waals surface area contributed by atoms with Gasteiger partial charge in [0.25, 0.3) is 0 Å². The molecule has 0 aliphatic rings. The van der Waals surface area contributed by atoms with Gasteiger partial charge in [-0.15, -0.1) is 0 Å². The molecule has 0 aliphatic carbocycles. The van der Waals surface area contributed by atoms with Crippen molar-refractivity contribution in [3.63, 3.8) is 0 Å². The highest BCUT2D eigenvalue weighted by Crippen LogP contribution is 2.23. The summed E-state index contributed by atoms with van der Waals surface area (Å²) in [5.74, 6) is 0.350. The van der Waals surface area contributed by atoms with Gasteiger partial charge in [0, 0.05) is 13.7 Å². The first-order valence-electron chi connectivity index (χ1n) is 6.31. The molecule has 0 bridgehead atoms. The summed E-state index contributed by atoms with van der Waals surface area (Å²) in [4.78, 5) is 11.7. The number of ether oxygens (including phenoxy) is 2. The van der Waals surface area contributed by atoms with Gasteiger partial charge < -0.3 is 15.2 Å². The Morgan fingerprint density at radius 1 is 1.37 bits per heavy atom. The van der Waals surface area contributed by atoms with Gasteiger partial charge in [0.05, 0.1) is 13.2 Å². The number of methoxy groups -OCH3 is 1. The van der Waals surface area contributed by atoms with Crippen molar-refractivity contribution in [1.29, 1.82) is 0 Å². The summed E-state index contributed by atoms with van der Waals surface area (Å²) in [5.41, 5.74) is 5.40. The third kappa shape index (κ3) is 3.94. The van der Waals surface area contributed by atoms with Crippen molar-refractivity contribution in [2.24, 2.45) is 5.73 Å². The highest BCUT2D eigenvalue weighted by atomic mass is 16.5. The minimum Gasteiger partial charge on any atom is -0.494 e. The smallest absolute Gasteiger partial charge is 0.242 e. The Kier molecular flexibility index (Phi) is 5.79. The Labute approximate surface area is 114 Å². The molecule has 0 saturated heterocycles. The first kappa shape index (κ1) is 15.5. The largest absolute Gasteiger partial charge is 0.494 e. The van der Waals surface area contributed by atoms with Crippen LogP contribution in [0.15, 0.2) is 24.3 Å². The van der Waals surface area contributed by atoms with Gasteiger partial charge in [-0.05, 0) is 31.5 Å². The second kappa shape index (κ2) is 7.11. The van der Waals surface area contributed by atoms with Crippen LogP contribution >= 0.6 is 0 Å². The van der Waals surface area contributed by atoms with Crippen molar-refractivity contribution >= 4 is 5.91 Å². The van der Waals surface area contributed by atoms with E-state index >= 15 is 0 Å². The molecule has 19 heavy (non-hydrogen) atoms. The third-order valence-corrected chi connectivity index (χ3v) is 3.02. The Hall–Kier alpha value is -1.59. The fourth-order valence-corrected chi connectivity index (χ4v) is 1.79. The molecule has 5 nitrogen and oxygen atoms in total. The van der Waals surface area contributed by atoms with Crippen LogP contribution in [-0.4, -0.2) is 32.8 Å². The Morgan fingerprint density at radius 3 is 2.47 bits per heavy atom. The van der Waals surface area contributed by atoms with Crippen molar-refractivity contribution in [3.05, 3.63) is 29.8 Å². The predicted octanol–water partition coefficient (Wildman–Crippen LogP) is 1.02. The van der Waals surface area contributed by atoms with Crippen LogP contribution in [-0.2, 0) is 15.1 Å². The van der Waals surface area contributed by atoms with E-state index in [1.54, 1.807) is 14.0 Å². The number of nitrogens with two attached hydrogens (primary N) is 1.